The van der Waals surface area contributed by atoms with Crippen molar-refractivity contribution in [3.05, 3.63) is 82.0 Å². The van der Waals surface area contributed by atoms with Gasteiger partial charge in [0.1, 0.15) is 5.15 Å². The molecule has 2 aromatic carbocycles. The van der Waals surface area contributed by atoms with Crippen LogP contribution in [0, 0.1) is 13.8 Å². The van der Waals surface area contributed by atoms with Gasteiger partial charge in [-0.05, 0) is 43.7 Å². The maximum Gasteiger partial charge on any atom is 0.185 e. The van der Waals surface area contributed by atoms with E-state index in [4.69, 9.17) is 11.6 Å². The van der Waals surface area contributed by atoms with E-state index in [0.29, 0.717) is 10.7 Å². The van der Waals surface area contributed by atoms with Crippen LogP contribution in [0.25, 0.3) is 17.0 Å². The summed E-state index contributed by atoms with van der Waals surface area (Å²) < 4.78 is 0. The number of hydrogen-bond donors (Lipinski definition) is 0. The van der Waals surface area contributed by atoms with Crippen molar-refractivity contribution in [2.24, 2.45) is 0 Å². The smallest absolute Gasteiger partial charge is 0.185 e. The largest absolute Gasteiger partial charge is 0.289 e. The number of hydrogen-bond acceptors (Lipinski definition) is 2. The first-order valence-electron chi connectivity index (χ1n) is 7.39. The number of benzene rings is 2. The molecule has 0 N–H and O–H groups in total. The second-order valence-electron chi connectivity index (χ2n) is 5.63. The lowest BCUT2D eigenvalue weighted by Crippen LogP contribution is -1.94. The summed E-state index contributed by atoms with van der Waals surface area (Å²) in [5.41, 5.74) is 4.52. The minimum atomic E-state index is -0.0509. The Morgan fingerprint density at radius 1 is 1.00 bits per heavy atom. The molecular formula is C20H16ClNO. The third-order valence-electron chi connectivity index (χ3n) is 3.70. The van der Waals surface area contributed by atoms with Crippen LogP contribution in [-0.2, 0) is 0 Å². The molecule has 0 aliphatic carbocycles. The van der Waals surface area contributed by atoms with Crippen LogP contribution in [0.1, 0.15) is 27.0 Å². The van der Waals surface area contributed by atoms with Crippen molar-refractivity contribution in [3.63, 3.8) is 0 Å². The highest BCUT2D eigenvalue weighted by Crippen LogP contribution is 2.22. The standard InChI is InChI=1S/C20H16ClNO/c1-13-3-6-15(7-4-13)19(23)10-9-17-12-16-8-5-14(2)11-18(16)22-20(17)21/h3-12H,1-2H3/b10-9+. The van der Waals surface area contributed by atoms with Crippen molar-refractivity contribution < 1.29 is 4.79 Å². The van der Waals surface area contributed by atoms with E-state index in [1.807, 2.05) is 62.4 Å². The van der Waals surface area contributed by atoms with Crippen LogP contribution in [-0.4, -0.2) is 10.8 Å². The molecule has 23 heavy (non-hydrogen) atoms. The fraction of sp³-hybridized carbons (Fsp3) is 0.100. The molecule has 114 valence electrons. The summed E-state index contributed by atoms with van der Waals surface area (Å²) in [5, 5.41) is 1.40. The first-order chi connectivity index (χ1) is 11.0. The van der Waals surface area contributed by atoms with Gasteiger partial charge in [-0.1, -0.05) is 53.6 Å². The summed E-state index contributed by atoms with van der Waals surface area (Å²) in [7, 11) is 0. The molecule has 0 aliphatic heterocycles. The quantitative estimate of drug-likeness (QED) is 0.367. The van der Waals surface area contributed by atoms with E-state index in [9.17, 15) is 4.79 Å². The molecule has 0 saturated heterocycles. The van der Waals surface area contributed by atoms with Crippen LogP contribution in [0.15, 0.2) is 54.6 Å². The molecule has 0 unspecified atom stereocenters. The summed E-state index contributed by atoms with van der Waals surface area (Å²) >= 11 is 6.23. The zero-order chi connectivity index (χ0) is 16.4. The van der Waals surface area contributed by atoms with Crippen molar-refractivity contribution in [1.29, 1.82) is 0 Å². The third-order valence-corrected chi connectivity index (χ3v) is 4.01. The van der Waals surface area contributed by atoms with Gasteiger partial charge in [-0.25, -0.2) is 4.98 Å². The van der Waals surface area contributed by atoms with Crippen molar-refractivity contribution in [3.8, 4) is 0 Å². The lowest BCUT2D eigenvalue weighted by atomic mass is 10.1. The molecule has 0 radical (unpaired) electrons. The normalized spacial score (nSPS) is 11.3. The summed E-state index contributed by atoms with van der Waals surface area (Å²) in [6.45, 7) is 4.01. The monoisotopic (exact) mass is 321 g/mol. The number of aromatic nitrogens is 1. The third kappa shape index (κ3) is 3.49. The summed E-state index contributed by atoms with van der Waals surface area (Å²) in [6.07, 6.45) is 3.25. The van der Waals surface area contributed by atoms with E-state index >= 15 is 0 Å². The molecule has 3 rings (SSSR count). The average molecular weight is 322 g/mol. The van der Waals surface area contributed by atoms with Crippen LogP contribution < -0.4 is 0 Å². The van der Waals surface area contributed by atoms with Gasteiger partial charge in [0.05, 0.1) is 5.52 Å². The SMILES string of the molecule is Cc1ccc(C(=O)/C=C/c2cc3ccc(C)cc3nc2Cl)cc1. The van der Waals surface area contributed by atoms with Gasteiger partial charge in [0, 0.05) is 16.5 Å². The molecule has 2 nitrogen and oxygen atoms in total. The lowest BCUT2D eigenvalue weighted by molar-refractivity contribution is 0.104. The summed E-state index contributed by atoms with van der Waals surface area (Å²) in [6, 6.07) is 15.5. The number of carbonyl (C=O) groups excluding carboxylic acids is 1. The number of halogens is 1. The predicted molar refractivity (Wildman–Crippen MR) is 96.0 cm³/mol. The molecule has 3 heteroatoms. The minimum Gasteiger partial charge on any atom is -0.289 e. The van der Waals surface area contributed by atoms with E-state index < -0.39 is 0 Å². The highest BCUT2D eigenvalue weighted by Gasteiger charge is 2.05. The second-order valence-corrected chi connectivity index (χ2v) is 5.99. The Morgan fingerprint density at radius 2 is 1.70 bits per heavy atom. The molecule has 0 spiro atoms. The fourth-order valence-corrected chi connectivity index (χ4v) is 2.57. The Labute approximate surface area is 140 Å². The van der Waals surface area contributed by atoms with Crippen molar-refractivity contribution >= 4 is 34.4 Å². The van der Waals surface area contributed by atoms with Crippen LogP contribution in [0.2, 0.25) is 5.15 Å². The first kappa shape index (κ1) is 15.4. The van der Waals surface area contributed by atoms with Crippen molar-refractivity contribution in [2.75, 3.05) is 0 Å². The molecule has 0 bridgehead atoms. The molecule has 0 saturated carbocycles. The van der Waals surface area contributed by atoms with E-state index in [2.05, 4.69) is 4.98 Å². The van der Waals surface area contributed by atoms with Crippen LogP contribution >= 0.6 is 11.6 Å². The zero-order valence-electron chi connectivity index (χ0n) is 13.0. The Bertz CT molecular complexity index is 911. The topological polar surface area (TPSA) is 30.0 Å². The highest BCUT2D eigenvalue weighted by molar-refractivity contribution is 6.31. The first-order valence-corrected chi connectivity index (χ1v) is 7.77. The van der Waals surface area contributed by atoms with E-state index in [1.54, 1.807) is 6.08 Å². The van der Waals surface area contributed by atoms with E-state index in [-0.39, 0.29) is 5.78 Å². The maximum absolute atomic E-state index is 12.2. The number of allylic oxidation sites excluding steroid dienone is 1. The molecule has 0 aliphatic rings. The molecular weight excluding hydrogens is 306 g/mol. The van der Waals surface area contributed by atoms with E-state index in [1.165, 1.54) is 6.08 Å². The van der Waals surface area contributed by atoms with Crippen molar-refractivity contribution in [2.45, 2.75) is 13.8 Å². The number of pyridine rings is 1. The Hall–Kier alpha value is -2.45. The minimum absolute atomic E-state index is 0.0509. The molecule has 0 atom stereocenters. The fourth-order valence-electron chi connectivity index (χ4n) is 2.37. The van der Waals surface area contributed by atoms with Gasteiger partial charge in [-0.3, -0.25) is 4.79 Å². The van der Waals surface area contributed by atoms with Gasteiger partial charge in [0.25, 0.3) is 0 Å². The molecule has 0 amide bonds. The Balaban J connectivity index is 1.91. The van der Waals surface area contributed by atoms with Crippen LogP contribution in [0.3, 0.4) is 0 Å². The number of rotatable bonds is 3. The summed E-state index contributed by atoms with van der Waals surface area (Å²) in [5.74, 6) is -0.0509. The predicted octanol–water partition coefficient (Wildman–Crippen LogP) is 5.40. The van der Waals surface area contributed by atoms with Gasteiger partial charge in [-0.15, -0.1) is 0 Å². The average Bonchev–Trinajstić information content (AvgIpc) is 2.53. The lowest BCUT2D eigenvalue weighted by Gasteiger charge is -2.03. The van der Waals surface area contributed by atoms with E-state index in [0.717, 1.165) is 27.6 Å². The van der Waals surface area contributed by atoms with Crippen molar-refractivity contribution in [1.82, 2.24) is 4.98 Å². The molecule has 1 heterocycles. The summed E-state index contributed by atoms with van der Waals surface area (Å²) in [4.78, 5) is 16.6. The van der Waals surface area contributed by atoms with Gasteiger partial charge in [0.15, 0.2) is 5.78 Å². The number of fused-ring (bicyclic) bond motifs is 1. The number of nitrogens with zero attached hydrogens (tertiary/aromatic N) is 1. The highest BCUT2D eigenvalue weighted by atomic mass is 35.5. The van der Waals surface area contributed by atoms with Gasteiger partial charge in [0.2, 0.25) is 0 Å². The zero-order valence-corrected chi connectivity index (χ0v) is 13.8. The molecule has 3 aromatic rings. The Morgan fingerprint density at radius 3 is 2.43 bits per heavy atom. The number of aryl methyl sites for hydroxylation is 2. The molecule has 1 aromatic heterocycles. The van der Waals surface area contributed by atoms with Crippen LogP contribution in [0.4, 0.5) is 0 Å². The van der Waals surface area contributed by atoms with Gasteiger partial charge < -0.3 is 0 Å². The van der Waals surface area contributed by atoms with Gasteiger partial charge in [-0.2, -0.15) is 0 Å². The number of carbonyl (C=O) groups is 1. The second kappa shape index (κ2) is 6.35. The molecule has 0 fully saturated rings. The Kier molecular flexibility index (Phi) is 4.26. The van der Waals surface area contributed by atoms with Gasteiger partial charge >= 0.3 is 0 Å². The maximum atomic E-state index is 12.2. The van der Waals surface area contributed by atoms with Crippen LogP contribution in [0.5, 0.6) is 0 Å². The number of ketones is 1.